The van der Waals surface area contributed by atoms with Crippen molar-refractivity contribution >= 4 is 17.4 Å². The largest absolute Gasteiger partial charge is 0.497 e. The molecule has 1 aromatic rings. The predicted molar refractivity (Wildman–Crippen MR) is 66.0 cm³/mol. The smallest absolute Gasteiger partial charge is 0.162 e. The third-order valence-electron chi connectivity index (χ3n) is 3.49. The van der Waals surface area contributed by atoms with Crippen LogP contribution in [0.2, 0.25) is 5.02 Å². The van der Waals surface area contributed by atoms with Gasteiger partial charge in [-0.3, -0.25) is 4.79 Å². The molecule has 17 heavy (non-hydrogen) atoms. The van der Waals surface area contributed by atoms with Crippen LogP contribution in [0.4, 0.5) is 0 Å². The standard InChI is InChI=1S/C14H13ClO2/c15-10-3-1-9(2-4-10)11-5-6-13(16)12-7-8-17-14(11)12/h1-4,11H,5-8H2. The fourth-order valence-electron chi connectivity index (χ4n) is 2.63. The molecule has 1 aliphatic heterocycles. The number of Topliss-reactive ketones (excluding diaryl/α,β-unsaturated/α-hetero) is 1. The molecule has 0 radical (unpaired) electrons. The Hall–Kier alpha value is -1.28. The lowest BCUT2D eigenvalue weighted by Gasteiger charge is -2.23. The maximum atomic E-state index is 11.7. The summed E-state index contributed by atoms with van der Waals surface area (Å²) in [6.07, 6.45) is 2.26. The summed E-state index contributed by atoms with van der Waals surface area (Å²) in [5, 5.41) is 0.738. The van der Waals surface area contributed by atoms with Crippen molar-refractivity contribution in [3.8, 4) is 0 Å². The summed E-state index contributed by atoms with van der Waals surface area (Å²) in [7, 11) is 0. The number of allylic oxidation sites excluding steroid dienone is 1. The maximum absolute atomic E-state index is 11.7. The number of carbonyl (C=O) groups is 1. The number of halogens is 1. The van der Waals surface area contributed by atoms with Crippen LogP contribution < -0.4 is 0 Å². The quantitative estimate of drug-likeness (QED) is 0.761. The summed E-state index contributed by atoms with van der Waals surface area (Å²) in [5.74, 6) is 1.41. The molecule has 3 rings (SSSR count). The molecular weight excluding hydrogens is 236 g/mol. The van der Waals surface area contributed by atoms with E-state index in [1.54, 1.807) is 0 Å². The minimum absolute atomic E-state index is 0.238. The summed E-state index contributed by atoms with van der Waals surface area (Å²) in [5.41, 5.74) is 2.10. The van der Waals surface area contributed by atoms with Crippen LogP contribution in [0.3, 0.4) is 0 Å². The zero-order valence-corrected chi connectivity index (χ0v) is 10.2. The molecule has 0 spiro atoms. The first-order valence-corrected chi connectivity index (χ1v) is 6.28. The summed E-state index contributed by atoms with van der Waals surface area (Å²) < 4.78 is 5.65. The van der Waals surface area contributed by atoms with E-state index < -0.39 is 0 Å². The highest BCUT2D eigenvalue weighted by atomic mass is 35.5. The fraction of sp³-hybridized carbons (Fsp3) is 0.357. The Morgan fingerprint density at radius 3 is 2.71 bits per heavy atom. The van der Waals surface area contributed by atoms with Crippen molar-refractivity contribution in [2.75, 3.05) is 6.61 Å². The van der Waals surface area contributed by atoms with Gasteiger partial charge in [0.1, 0.15) is 5.76 Å². The van der Waals surface area contributed by atoms with Crippen LogP contribution in [0.25, 0.3) is 0 Å². The van der Waals surface area contributed by atoms with E-state index in [2.05, 4.69) is 0 Å². The first-order chi connectivity index (χ1) is 8.25. The van der Waals surface area contributed by atoms with Gasteiger partial charge in [-0.2, -0.15) is 0 Å². The van der Waals surface area contributed by atoms with Crippen molar-refractivity contribution in [3.05, 3.63) is 46.2 Å². The predicted octanol–water partition coefficient (Wildman–Crippen LogP) is 3.46. The van der Waals surface area contributed by atoms with Crippen molar-refractivity contribution in [1.82, 2.24) is 0 Å². The average Bonchev–Trinajstić information content (AvgIpc) is 2.81. The molecule has 1 aliphatic carbocycles. The van der Waals surface area contributed by atoms with Gasteiger partial charge in [0, 0.05) is 29.4 Å². The van der Waals surface area contributed by atoms with Gasteiger partial charge in [-0.1, -0.05) is 23.7 Å². The zero-order chi connectivity index (χ0) is 11.8. The monoisotopic (exact) mass is 248 g/mol. The minimum atomic E-state index is 0.238. The van der Waals surface area contributed by atoms with Crippen LogP contribution in [0.1, 0.15) is 30.7 Å². The molecule has 0 fully saturated rings. The van der Waals surface area contributed by atoms with E-state index in [1.165, 1.54) is 5.56 Å². The van der Waals surface area contributed by atoms with Crippen LogP contribution in [0.15, 0.2) is 35.6 Å². The number of rotatable bonds is 1. The van der Waals surface area contributed by atoms with Crippen molar-refractivity contribution in [1.29, 1.82) is 0 Å². The Labute approximate surface area is 105 Å². The van der Waals surface area contributed by atoms with Crippen molar-refractivity contribution in [2.45, 2.75) is 25.2 Å². The lowest BCUT2D eigenvalue weighted by molar-refractivity contribution is -0.116. The molecule has 2 aliphatic rings. The van der Waals surface area contributed by atoms with Crippen molar-refractivity contribution in [3.63, 3.8) is 0 Å². The van der Waals surface area contributed by atoms with Gasteiger partial charge in [-0.15, -0.1) is 0 Å². The molecule has 0 N–H and O–H groups in total. The Morgan fingerprint density at radius 2 is 1.94 bits per heavy atom. The SMILES string of the molecule is O=C1CCC(c2ccc(Cl)cc2)C2=C1CCO2. The fourth-order valence-corrected chi connectivity index (χ4v) is 2.76. The van der Waals surface area contributed by atoms with Gasteiger partial charge < -0.3 is 4.74 Å². The molecule has 1 aromatic carbocycles. The summed E-state index contributed by atoms with van der Waals surface area (Å²) in [6, 6.07) is 7.83. The molecule has 3 heteroatoms. The number of hydrogen-bond acceptors (Lipinski definition) is 2. The topological polar surface area (TPSA) is 26.3 Å². The Balaban J connectivity index is 1.98. The Bertz CT molecular complexity index is 487. The summed E-state index contributed by atoms with van der Waals surface area (Å²) in [4.78, 5) is 11.7. The van der Waals surface area contributed by atoms with Crippen LogP contribution in [-0.2, 0) is 9.53 Å². The molecule has 1 atom stereocenters. The van der Waals surface area contributed by atoms with Crippen molar-refractivity contribution in [2.24, 2.45) is 0 Å². The number of ketones is 1. The van der Waals surface area contributed by atoms with Gasteiger partial charge in [0.15, 0.2) is 5.78 Å². The average molecular weight is 249 g/mol. The number of carbonyl (C=O) groups excluding carboxylic acids is 1. The molecule has 1 heterocycles. The molecule has 2 nitrogen and oxygen atoms in total. The molecule has 0 amide bonds. The molecular formula is C14H13ClO2. The highest BCUT2D eigenvalue weighted by Gasteiger charge is 2.33. The Kier molecular flexibility index (Phi) is 2.67. The van der Waals surface area contributed by atoms with E-state index in [0.29, 0.717) is 13.0 Å². The van der Waals surface area contributed by atoms with Gasteiger partial charge in [-0.25, -0.2) is 0 Å². The lowest BCUT2D eigenvalue weighted by atomic mass is 9.83. The van der Waals surface area contributed by atoms with E-state index in [-0.39, 0.29) is 11.7 Å². The highest BCUT2D eigenvalue weighted by molar-refractivity contribution is 6.30. The van der Waals surface area contributed by atoms with Gasteiger partial charge in [-0.05, 0) is 24.1 Å². The van der Waals surface area contributed by atoms with E-state index in [9.17, 15) is 4.79 Å². The first kappa shape index (κ1) is 10.8. The van der Waals surface area contributed by atoms with Gasteiger partial charge in [0.05, 0.1) is 6.61 Å². The van der Waals surface area contributed by atoms with Crippen molar-refractivity contribution < 1.29 is 9.53 Å². The molecule has 0 saturated carbocycles. The second-order valence-corrected chi connectivity index (χ2v) is 4.94. The Morgan fingerprint density at radius 1 is 1.18 bits per heavy atom. The van der Waals surface area contributed by atoms with E-state index in [4.69, 9.17) is 16.3 Å². The van der Waals surface area contributed by atoms with E-state index >= 15 is 0 Å². The van der Waals surface area contributed by atoms with E-state index in [0.717, 1.165) is 29.2 Å². The highest BCUT2D eigenvalue weighted by Crippen LogP contribution is 2.40. The molecule has 0 saturated heterocycles. The summed E-state index contributed by atoms with van der Waals surface area (Å²) >= 11 is 5.89. The third kappa shape index (κ3) is 1.87. The number of ether oxygens (including phenoxy) is 1. The lowest BCUT2D eigenvalue weighted by Crippen LogP contribution is -2.16. The molecule has 0 aromatic heterocycles. The summed E-state index contributed by atoms with van der Waals surface area (Å²) in [6.45, 7) is 0.653. The third-order valence-corrected chi connectivity index (χ3v) is 3.74. The first-order valence-electron chi connectivity index (χ1n) is 5.90. The molecule has 1 unspecified atom stereocenters. The van der Waals surface area contributed by atoms with Crippen LogP contribution in [-0.4, -0.2) is 12.4 Å². The van der Waals surface area contributed by atoms with E-state index in [1.807, 2.05) is 24.3 Å². The maximum Gasteiger partial charge on any atom is 0.162 e. The minimum Gasteiger partial charge on any atom is -0.497 e. The van der Waals surface area contributed by atoms with Crippen LogP contribution in [0, 0.1) is 0 Å². The van der Waals surface area contributed by atoms with Gasteiger partial charge >= 0.3 is 0 Å². The van der Waals surface area contributed by atoms with Crippen LogP contribution >= 0.6 is 11.6 Å². The zero-order valence-electron chi connectivity index (χ0n) is 9.41. The normalized spacial score (nSPS) is 23.6. The second-order valence-electron chi connectivity index (χ2n) is 4.51. The number of hydrogen-bond donors (Lipinski definition) is 0. The molecule has 0 bridgehead atoms. The van der Waals surface area contributed by atoms with Crippen LogP contribution in [0.5, 0.6) is 0 Å². The van der Waals surface area contributed by atoms with Gasteiger partial charge in [0.2, 0.25) is 0 Å². The number of benzene rings is 1. The second kappa shape index (κ2) is 4.19. The molecule has 88 valence electrons. The van der Waals surface area contributed by atoms with Gasteiger partial charge in [0.25, 0.3) is 0 Å².